The minimum atomic E-state index is -0.370. The zero-order valence-electron chi connectivity index (χ0n) is 14.6. The molecule has 1 heterocycles. The van der Waals surface area contributed by atoms with Crippen LogP contribution in [0.4, 0.5) is 0 Å². The van der Waals surface area contributed by atoms with E-state index in [2.05, 4.69) is 15.5 Å². The molecule has 0 aliphatic carbocycles. The van der Waals surface area contributed by atoms with Crippen LogP contribution in [0.5, 0.6) is 11.5 Å². The van der Waals surface area contributed by atoms with Crippen LogP contribution in [-0.4, -0.2) is 55.8 Å². The van der Waals surface area contributed by atoms with Gasteiger partial charge in [0.25, 0.3) is 5.22 Å². The molecule has 1 N–H and O–H groups in total. The van der Waals surface area contributed by atoms with Gasteiger partial charge < -0.3 is 23.9 Å². The van der Waals surface area contributed by atoms with Gasteiger partial charge in [0.15, 0.2) is 0 Å². The topological polar surface area (TPSA) is 95.7 Å². The summed E-state index contributed by atoms with van der Waals surface area (Å²) < 4.78 is 21.0. The summed E-state index contributed by atoms with van der Waals surface area (Å²) in [7, 11) is 4.72. The van der Waals surface area contributed by atoms with Gasteiger partial charge in [0, 0.05) is 25.3 Å². The number of methoxy groups -OCH3 is 3. The predicted octanol–water partition coefficient (Wildman–Crippen LogP) is 2.00. The first kappa shape index (κ1) is 19.1. The summed E-state index contributed by atoms with van der Waals surface area (Å²) in [5.74, 6) is 1.44. The molecule has 0 radical (unpaired) electrons. The van der Waals surface area contributed by atoms with Crippen LogP contribution in [-0.2, 0) is 9.53 Å². The summed E-state index contributed by atoms with van der Waals surface area (Å²) in [4.78, 5) is 12.0. The molecule has 0 spiro atoms. The normalized spacial score (nSPS) is 11.8. The molecule has 0 saturated heterocycles. The second kappa shape index (κ2) is 9.28. The Morgan fingerprint density at radius 1 is 1.20 bits per heavy atom. The second-order valence-electron chi connectivity index (χ2n) is 5.02. The van der Waals surface area contributed by atoms with E-state index in [9.17, 15) is 4.79 Å². The minimum Gasteiger partial charge on any atom is -0.497 e. The number of hydrogen-bond acceptors (Lipinski definition) is 8. The van der Waals surface area contributed by atoms with E-state index >= 15 is 0 Å². The lowest BCUT2D eigenvalue weighted by Crippen LogP contribution is -2.33. The van der Waals surface area contributed by atoms with Gasteiger partial charge in [-0.2, -0.15) is 0 Å². The van der Waals surface area contributed by atoms with Crippen molar-refractivity contribution < 1.29 is 23.4 Å². The Labute approximate surface area is 150 Å². The van der Waals surface area contributed by atoms with Gasteiger partial charge in [0.05, 0.1) is 26.1 Å². The van der Waals surface area contributed by atoms with E-state index in [0.29, 0.717) is 41.3 Å². The van der Waals surface area contributed by atoms with Gasteiger partial charge in [0.1, 0.15) is 11.5 Å². The minimum absolute atomic E-state index is 0.121. The maximum absolute atomic E-state index is 12.0. The number of benzene rings is 1. The SMILES string of the molecule is COCCNC(=O)[C@@H](C)Sc1nnc(-c2cc(OC)cc(OC)c2)o1. The van der Waals surface area contributed by atoms with Gasteiger partial charge in [-0.1, -0.05) is 11.8 Å². The zero-order chi connectivity index (χ0) is 18.2. The molecule has 0 saturated carbocycles. The van der Waals surface area contributed by atoms with Gasteiger partial charge in [-0.25, -0.2) is 0 Å². The molecule has 0 aliphatic heterocycles. The van der Waals surface area contributed by atoms with Crippen LogP contribution in [0.1, 0.15) is 6.92 Å². The molecule has 1 aromatic carbocycles. The number of rotatable bonds is 9. The molecule has 0 fully saturated rings. The van der Waals surface area contributed by atoms with E-state index < -0.39 is 0 Å². The Kier molecular flexibility index (Phi) is 7.08. The molecule has 8 nitrogen and oxygen atoms in total. The van der Waals surface area contributed by atoms with Crippen LogP contribution in [0, 0.1) is 0 Å². The second-order valence-corrected chi connectivity index (χ2v) is 6.31. The smallest absolute Gasteiger partial charge is 0.277 e. The molecule has 0 aliphatic rings. The van der Waals surface area contributed by atoms with Crippen molar-refractivity contribution in [3.8, 4) is 23.0 Å². The molecule has 2 rings (SSSR count). The maximum atomic E-state index is 12.0. The maximum Gasteiger partial charge on any atom is 0.277 e. The van der Waals surface area contributed by atoms with Crippen molar-refractivity contribution in [3.63, 3.8) is 0 Å². The van der Waals surface area contributed by atoms with Crippen LogP contribution < -0.4 is 14.8 Å². The van der Waals surface area contributed by atoms with Crippen LogP contribution >= 0.6 is 11.8 Å². The summed E-state index contributed by atoms with van der Waals surface area (Å²) in [5, 5.41) is 10.7. The summed E-state index contributed by atoms with van der Waals surface area (Å²) in [6, 6.07) is 5.29. The van der Waals surface area contributed by atoms with Crippen molar-refractivity contribution in [1.29, 1.82) is 0 Å². The molecule has 2 aromatic rings. The summed E-state index contributed by atoms with van der Waals surface area (Å²) in [6.07, 6.45) is 0. The Morgan fingerprint density at radius 2 is 1.88 bits per heavy atom. The highest BCUT2D eigenvalue weighted by molar-refractivity contribution is 8.00. The quantitative estimate of drug-likeness (QED) is 0.531. The van der Waals surface area contributed by atoms with Gasteiger partial charge in [0.2, 0.25) is 11.8 Å². The molecule has 136 valence electrons. The predicted molar refractivity (Wildman–Crippen MR) is 93.0 cm³/mol. The molecular formula is C16H21N3O5S. The first-order chi connectivity index (χ1) is 12.1. The average molecular weight is 367 g/mol. The number of nitrogens with one attached hydrogen (secondary N) is 1. The van der Waals surface area contributed by atoms with Gasteiger partial charge in [-0.15, -0.1) is 10.2 Å². The lowest BCUT2D eigenvalue weighted by atomic mass is 10.2. The average Bonchev–Trinajstić information content (AvgIpc) is 3.09. The number of aromatic nitrogens is 2. The van der Waals surface area contributed by atoms with Crippen molar-refractivity contribution >= 4 is 17.7 Å². The molecule has 9 heteroatoms. The molecule has 1 aromatic heterocycles. The Balaban J connectivity index is 2.06. The third-order valence-electron chi connectivity index (χ3n) is 3.26. The highest BCUT2D eigenvalue weighted by atomic mass is 32.2. The van der Waals surface area contributed by atoms with Crippen molar-refractivity contribution in [2.24, 2.45) is 0 Å². The molecule has 25 heavy (non-hydrogen) atoms. The van der Waals surface area contributed by atoms with Crippen molar-refractivity contribution in [3.05, 3.63) is 18.2 Å². The summed E-state index contributed by atoms with van der Waals surface area (Å²) in [5.41, 5.74) is 0.674. The fourth-order valence-electron chi connectivity index (χ4n) is 1.93. The zero-order valence-corrected chi connectivity index (χ0v) is 15.4. The van der Waals surface area contributed by atoms with Gasteiger partial charge in [-0.05, 0) is 19.1 Å². The van der Waals surface area contributed by atoms with Crippen LogP contribution in [0.25, 0.3) is 11.5 Å². The molecular weight excluding hydrogens is 346 g/mol. The molecule has 0 bridgehead atoms. The number of hydrogen-bond donors (Lipinski definition) is 1. The Hall–Kier alpha value is -2.26. The first-order valence-electron chi connectivity index (χ1n) is 7.57. The van der Waals surface area contributed by atoms with Crippen LogP contribution in [0.2, 0.25) is 0 Å². The summed E-state index contributed by atoms with van der Waals surface area (Å²) >= 11 is 1.19. The van der Waals surface area contributed by atoms with E-state index in [1.165, 1.54) is 11.8 Å². The van der Waals surface area contributed by atoms with Gasteiger partial charge >= 0.3 is 0 Å². The van der Waals surface area contributed by atoms with E-state index in [0.717, 1.165) is 0 Å². The Morgan fingerprint density at radius 3 is 2.48 bits per heavy atom. The number of carbonyl (C=O) groups excluding carboxylic acids is 1. The van der Waals surface area contributed by atoms with Gasteiger partial charge in [-0.3, -0.25) is 4.79 Å². The highest BCUT2D eigenvalue weighted by Crippen LogP contribution is 2.31. The fourth-order valence-corrected chi connectivity index (χ4v) is 2.64. The molecule has 0 unspecified atom stereocenters. The standard InChI is InChI=1S/C16H21N3O5S/c1-10(14(20)17-5-6-21-2)25-16-19-18-15(24-16)11-7-12(22-3)9-13(8-11)23-4/h7-10H,5-6H2,1-4H3,(H,17,20)/t10-/m1/s1. The lowest BCUT2D eigenvalue weighted by Gasteiger charge is -2.09. The fraction of sp³-hybridized carbons (Fsp3) is 0.438. The number of carbonyl (C=O) groups is 1. The van der Waals surface area contributed by atoms with Crippen molar-refractivity contribution in [2.45, 2.75) is 17.4 Å². The number of thioether (sulfide) groups is 1. The van der Waals surface area contributed by atoms with Crippen molar-refractivity contribution in [2.75, 3.05) is 34.5 Å². The third-order valence-corrected chi connectivity index (χ3v) is 4.19. The first-order valence-corrected chi connectivity index (χ1v) is 8.45. The highest BCUT2D eigenvalue weighted by Gasteiger charge is 2.19. The van der Waals surface area contributed by atoms with E-state index in [-0.39, 0.29) is 11.2 Å². The van der Waals surface area contributed by atoms with E-state index in [4.69, 9.17) is 18.6 Å². The lowest BCUT2D eigenvalue weighted by molar-refractivity contribution is -0.120. The van der Waals surface area contributed by atoms with E-state index in [1.807, 2.05) is 0 Å². The number of amides is 1. The molecule has 1 atom stereocenters. The van der Waals surface area contributed by atoms with Crippen LogP contribution in [0.15, 0.2) is 27.8 Å². The number of ether oxygens (including phenoxy) is 3. The Bertz CT molecular complexity index is 685. The molecule has 1 amide bonds. The van der Waals surface area contributed by atoms with Crippen molar-refractivity contribution in [1.82, 2.24) is 15.5 Å². The van der Waals surface area contributed by atoms with Crippen LogP contribution in [0.3, 0.4) is 0 Å². The largest absolute Gasteiger partial charge is 0.497 e. The summed E-state index contributed by atoms with van der Waals surface area (Å²) in [6.45, 7) is 2.69. The number of nitrogens with zero attached hydrogens (tertiary/aromatic N) is 2. The monoisotopic (exact) mass is 367 g/mol. The third kappa shape index (κ3) is 5.36. The van der Waals surface area contributed by atoms with E-state index in [1.54, 1.807) is 46.5 Å².